The quantitative estimate of drug-likeness (QED) is 0.171. The summed E-state index contributed by atoms with van der Waals surface area (Å²) >= 11 is 0. The molecule has 1 N–H and O–H groups in total. The van der Waals surface area contributed by atoms with E-state index in [-0.39, 0.29) is 85.2 Å². The molecule has 1 saturated heterocycles. The molecule has 3 atom stereocenters. The highest BCUT2D eigenvalue weighted by Gasteiger charge is 2.60. The molecule has 350 valence electrons. The third-order valence-corrected chi connectivity index (χ3v) is 15.2. The summed E-state index contributed by atoms with van der Waals surface area (Å²) in [6.07, 6.45) is 16.2. The van der Waals surface area contributed by atoms with Crippen LogP contribution < -0.4 is 0 Å². The van der Waals surface area contributed by atoms with Crippen LogP contribution in [0, 0.1) is 51.8 Å². The number of aliphatic hydroxyl groups is 1. The van der Waals surface area contributed by atoms with Crippen LogP contribution in [-0.2, 0) is 33.3 Å². The van der Waals surface area contributed by atoms with Gasteiger partial charge in [0.05, 0.1) is 28.5 Å². The lowest BCUT2D eigenvalue weighted by Crippen LogP contribution is -2.61. The smallest absolute Gasteiger partial charge is 0.312 e. The Morgan fingerprint density at radius 1 is 0.644 bits per heavy atom. The van der Waals surface area contributed by atoms with E-state index in [2.05, 4.69) is 20.4 Å². The minimum atomic E-state index is -0.555. The van der Waals surface area contributed by atoms with Gasteiger partial charge in [0.1, 0.15) is 17.0 Å². The van der Waals surface area contributed by atoms with Gasteiger partial charge in [-0.15, -0.1) is 0 Å². The average molecular weight is 839 g/mol. The van der Waals surface area contributed by atoms with E-state index in [9.17, 15) is 19.5 Å². The number of hydrogen-bond acceptors (Lipinski definition) is 8. The first kappa shape index (κ1) is 59.0. The first-order valence-corrected chi connectivity index (χ1v) is 21.4. The second-order valence-electron chi connectivity index (χ2n) is 20.5. The van der Waals surface area contributed by atoms with Crippen molar-refractivity contribution in [3.63, 3.8) is 0 Å². The molecular weight excluding hydrogens is 741 g/mol. The summed E-state index contributed by atoms with van der Waals surface area (Å²) in [6, 6.07) is 0. The molecule has 8 saturated carbocycles. The highest BCUT2D eigenvalue weighted by atomic mass is 16.6. The maximum Gasteiger partial charge on any atom is 0.312 e. The molecule has 0 aromatic heterocycles. The molecule has 3 unspecified atom stereocenters. The Balaban J connectivity index is 0. The molecule has 8 heteroatoms. The van der Waals surface area contributed by atoms with Gasteiger partial charge in [-0.25, -0.2) is 0 Å². The Labute approximate surface area is 365 Å². The van der Waals surface area contributed by atoms with E-state index >= 15 is 0 Å². The van der Waals surface area contributed by atoms with E-state index in [0.717, 1.165) is 69.6 Å². The van der Waals surface area contributed by atoms with Gasteiger partial charge >= 0.3 is 17.9 Å². The zero-order valence-electron chi connectivity index (χ0n) is 35.1. The lowest BCUT2D eigenvalue weighted by molar-refractivity contribution is -0.225. The standard InChI is InChI=1S/C18H30O2.C16H26O3.C11H18O3.6CH4/c1-5-17(3,4)16(19)20-18(6-2)14-8-12-7-13(10-14)11-15(18)9-12;1-4-14(2,3)13(17)19-16-8-11-5-12(9-16)7-15(18,6-11)10-16;1-5-11(3,4)10(12)14-9-6-7-13-8(9)2;;;;;;/h12-15H,5-11H2,1-4H3;11-12,18H,4-10H2,1-3H3;9H,2,5-7H2,1,3-4H3;6*1H4. The van der Waals surface area contributed by atoms with E-state index in [0.29, 0.717) is 42.5 Å². The molecule has 1 heterocycles. The fraction of sp³-hybridized carbons (Fsp3) is 0.902. The number of esters is 3. The monoisotopic (exact) mass is 839 g/mol. The minimum Gasteiger partial charge on any atom is -0.494 e. The number of rotatable bonds is 10. The van der Waals surface area contributed by atoms with Crippen LogP contribution in [0.3, 0.4) is 0 Å². The Morgan fingerprint density at radius 2 is 1.05 bits per heavy atom. The predicted molar refractivity (Wildman–Crippen MR) is 247 cm³/mol. The zero-order valence-corrected chi connectivity index (χ0v) is 35.1. The van der Waals surface area contributed by atoms with Crippen LogP contribution in [0.4, 0.5) is 0 Å². The van der Waals surface area contributed by atoms with Crippen LogP contribution >= 0.6 is 0 Å². The minimum absolute atomic E-state index is 0. The Morgan fingerprint density at radius 3 is 1.42 bits per heavy atom. The van der Waals surface area contributed by atoms with Crippen molar-refractivity contribution in [3.8, 4) is 0 Å². The third-order valence-electron chi connectivity index (χ3n) is 15.2. The average Bonchev–Trinajstić information content (AvgIpc) is 3.48. The number of carbonyl (C=O) groups excluding carboxylic acids is 3. The third kappa shape index (κ3) is 12.5. The molecule has 0 aromatic carbocycles. The Bertz CT molecular complexity index is 1320. The van der Waals surface area contributed by atoms with Crippen LogP contribution in [-0.4, -0.2) is 52.5 Å². The van der Waals surface area contributed by atoms with Gasteiger partial charge in [0.15, 0.2) is 6.10 Å². The van der Waals surface area contributed by atoms with Gasteiger partial charge in [-0.1, -0.05) is 78.8 Å². The van der Waals surface area contributed by atoms with Gasteiger partial charge in [-0.3, -0.25) is 14.4 Å². The van der Waals surface area contributed by atoms with Gasteiger partial charge in [-0.05, 0) is 167 Å². The van der Waals surface area contributed by atoms with E-state index in [4.69, 9.17) is 18.9 Å². The van der Waals surface area contributed by atoms with Crippen molar-refractivity contribution in [1.29, 1.82) is 0 Å². The topological polar surface area (TPSA) is 108 Å². The Kier molecular flexibility index (Phi) is 21.8. The van der Waals surface area contributed by atoms with Gasteiger partial charge in [0.2, 0.25) is 0 Å². The summed E-state index contributed by atoms with van der Waals surface area (Å²) in [5, 5.41) is 10.6. The van der Waals surface area contributed by atoms with Crippen LogP contribution in [0.2, 0.25) is 0 Å². The van der Waals surface area contributed by atoms with Crippen molar-refractivity contribution in [1.82, 2.24) is 0 Å². The normalized spacial score (nSPS) is 34.0. The largest absolute Gasteiger partial charge is 0.494 e. The molecule has 8 bridgehead atoms. The second kappa shape index (κ2) is 21.8. The van der Waals surface area contributed by atoms with Crippen molar-refractivity contribution < 1.29 is 38.4 Å². The lowest BCUT2D eigenvalue weighted by Gasteiger charge is -2.60. The first-order valence-electron chi connectivity index (χ1n) is 21.4. The van der Waals surface area contributed by atoms with Gasteiger partial charge in [0, 0.05) is 12.8 Å². The first-order chi connectivity index (χ1) is 24.6. The summed E-state index contributed by atoms with van der Waals surface area (Å²) in [6.45, 7) is 24.3. The van der Waals surface area contributed by atoms with Crippen LogP contribution in [0.15, 0.2) is 12.3 Å². The fourth-order valence-electron chi connectivity index (χ4n) is 11.1. The molecule has 59 heavy (non-hydrogen) atoms. The van der Waals surface area contributed by atoms with Crippen molar-refractivity contribution in [2.75, 3.05) is 6.61 Å². The summed E-state index contributed by atoms with van der Waals surface area (Å²) in [5.41, 5.74) is -2.20. The van der Waals surface area contributed by atoms with E-state index < -0.39 is 16.4 Å². The molecule has 0 aromatic rings. The van der Waals surface area contributed by atoms with Gasteiger partial charge in [-0.2, -0.15) is 0 Å². The highest BCUT2D eigenvalue weighted by Crippen LogP contribution is 2.61. The Hall–Kier alpha value is -2.09. The molecule has 8 nitrogen and oxygen atoms in total. The molecular formula is C51H98O8. The van der Waals surface area contributed by atoms with E-state index in [1.165, 1.54) is 38.5 Å². The maximum atomic E-state index is 12.6. The summed E-state index contributed by atoms with van der Waals surface area (Å²) in [7, 11) is 0. The molecule has 0 amide bonds. The SMILES string of the molecule is C.C.C.C.C.C.C=C1OCCC1OC(=O)C(C)(C)CC.CCC(C)(C)C(=O)OC1(CC)C2CC3CC(C2)CC1C3.CCC(C)(C)C(=O)OC12CC3CC(CC(O)(C3)C1)C2. The number of hydrogen-bond donors (Lipinski definition) is 1. The molecule has 9 fully saturated rings. The molecule has 9 aliphatic rings. The maximum absolute atomic E-state index is 12.6. The second-order valence-corrected chi connectivity index (χ2v) is 20.5. The zero-order chi connectivity index (χ0) is 39.2. The van der Waals surface area contributed by atoms with Crippen molar-refractivity contribution in [2.24, 2.45) is 51.8 Å². The number of carbonyl (C=O) groups is 3. The van der Waals surface area contributed by atoms with E-state index in [1.807, 2.05) is 55.4 Å². The molecule has 8 aliphatic carbocycles. The van der Waals surface area contributed by atoms with Crippen molar-refractivity contribution in [3.05, 3.63) is 12.3 Å². The van der Waals surface area contributed by atoms with Gasteiger partial charge in [0.25, 0.3) is 0 Å². The summed E-state index contributed by atoms with van der Waals surface area (Å²) < 4.78 is 22.7. The van der Waals surface area contributed by atoms with Crippen LogP contribution in [0.25, 0.3) is 0 Å². The van der Waals surface area contributed by atoms with Crippen molar-refractivity contribution in [2.45, 2.75) is 239 Å². The van der Waals surface area contributed by atoms with Crippen LogP contribution in [0.1, 0.15) is 217 Å². The summed E-state index contributed by atoms with van der Waals surface area (Å²) in [5.74, 6) is 4.61. The fourth-order valence-corrected chi connectivity index (χ4v) is 11.1. The predicted octanol–water partition coefficient (Wildman–Crippen LogP) is 13.7. The molecule has 9 rings (SSSR count). The molecule has 1 aliphatic heterocycles. The lowest BCUT2D eigenvalue weighted by atomic mass is 9.49. The molecule has 0 spiro atoms. The number of ether oxygens (including phenoxy) is 4. The summed E-state index contributed by atoms with van der Waals surface area (Å²) in [4.78, 5) is 36.7. The molecule has 0 radical (unpaired) electrons. The van der Waals surface area contributed by atoms with E-state index in [1.54, 1.807) is 0 Å². The van der Waals surface area contributed by atoms with Crippen LogP contribution in [0.5, 0.6) is 0 Å². The highest BCUT2D eigenvalue weighted by molar-refractivity contribution is 5.77. The van der Waals surface area contributed by atoms with Crippen molar-refractivity contribution >= 4 is 17.9 Å². The van der Waals surface area contributed by atoms with Gasteiger partial charge < -0.3 is 24.1 Å².